The molecule has 8 nitrogen and oxygen atoms in total. The summed E-state index contributed by atoms with van der Waals surface area (Å²) >= 11 is 0. The van der Waals surface area contributed by atoms with E-state index in [4.69, 9.17) is 4.74 Å². The molecular weight excluding hydrogens is 368 g/mol. The van der Waals surface area contributed by atoms with Crippen LogP contribution in [0.1, 0.15) is 24.6 Å². The predicted molar refractivity (Wildman–Crippen MR) is 114 cm³/mol. The number of carbonyl (C=O) groups excluding carboxylic acids is 1. The lowest BCUT2D eigenvalue weighted by Gasteiger charge is -2.33. The van der Waals surface area contributed by atoms with Crippen molar-refractivity contribution in [3.63, 3.8) is 0 Å². The van der Waals surface area contributed by atoms with Crippen LogP contribution in [-0.2, 0) is 4.74 Å². The smallest absolute Gasteiger partial charge is 0.322 e. The van der Waals surface area contributed by atoms with Gasteiger partial charge in [-0.2, -0.15) is 0 Å². The normalized spacial score (nSPS) is 19.3. The van der Waals surface area contributed by atoms with Crippen LogP contribution in [0.2, 0.25) is 0 Å². The second kappa shape index (κ2) is 8.65. The van der Waals surface area contributed by atoms with Gasteiger partial charge in [-0.05, 0) is 31.0 Å². The molecule has 154 valence electrons. The van der Waals surface area contributed by atoms with Crippen molar-refractivity contribution < 1.29 is 9.53 Å². The van der Waals surface area contributed by atoms with Crippen molar-refractivity contribution in [2.24, 2.45) is 0 Å². The molecule has 2 aliphatic rings. The highest BCUT2D eigenvalue weighted by Gasteiger charge is 2.27. The third kappa shape index (κ3) is 4.42. The van der Waals surface area contributed by atoms with Crippen LogP contribution in [0.3, 0.4) is 0 Å². The molecule has 0 radical (unpaired) electrons. The summed E-state index contributed by atoms with van der Waals surface area (Å²) in [5.74, 6) is 0.632. The first-order valence-corrected chi connectivity index (χ1v) is 10.1. The lowest BCUT2D eigenvalue weighted by atomic mass is 10.2. The number of benzene rings is 1. The molecular formula is C21H28N6O2. The lowest BCUT2D eigenvalue weighted by molar-refractivity contribution is -0.0157. The van der Waals surface area contributed by atoms with Crippen LogP contribution in [0.4, 0.5) is 22.1 Å². The van der Waals surface area contributed by atoms with Gasteiger partial charge in [-0.3, -0.25) is 0 Å². The van der Waals surface area contributed by atoms with Crippen LogP contribution in [0.5, 0.6) is 0 Å². The number of rotatable bonds is 4. The zero-order valence-corrected chi connectivity index (χ0v) is 17.0. The van der Waals surface area contributed by atoms with Crippen molar-refractivity contribution in [3.8, 4) is 0 Å². The molecule has 1 atom stereocenters. The molecule has 2 aromatic rings. The molecule has 0 spiro atoms. The Morgan fingerprint density at radius 1 is 1.17 bits per heavy atom. The summed E-state index contributed by atoms with van der Waals surface area (Å²) in [5, 5.41) is 3.11. The standard InChI is InChI=1S/C21H28N6O2/c1-25(2)20-22-10-9-17(23-20)19-15-27(13-14-29-19)21(28)24-16-7-3-4-8-18(16)26-11-5-6-12-26/h3-4,7-10,19H,5-6,11-15H2,1-2H3,(H,24,28). The average molecular weight is 396 g/mol. The molecule has 2 saturated heterocycles. The quantitative estimate of drug-likeness (QED) is 0.857. The maximum absolute atomic E-state index is 13.0. The Kier molecular flexibility index (Phi) is 5.80. The Morgan fingerprint density at radius 3 is 2.76 bits per heavy atom. The van der Waals surface area contributed by atoms with E-state index in [-0.39, 0.29) is 12.1 Å². The summed E-state index contributed by atoms with van der Waals surface area (Å²) in [6.07, 6.45) is 3.86. The van der Waals surface area contributed by atoms with Gasteiger partial charge in [-0.25, -0.2) is 14.8 Å². The maximum atomic E-state index is 13.0. The average Bonchev–Trinajstić information content (AvgIpc) is 3.29. The molecule has 2 aliphatic heterocycles. The van der Waals surface area contributed by atoms with Gasteiger partial charge in [0.25, 0.3) is 0 Å². The van der Waals surface area contributed by atoms with Gasteiger partial charge in [0, 0.05) is 39.9 Å². The van der Waals surface area contributed by atoms with Gasteiger partial charge < -0.3 is 24.8 Å². The number of amides is 2. The van der Waals surface area contributed by atoms with Crippen molar-refractivity contribution in [1.82, 2.24) is 14.9 Å². The molecule has 0 saturated carbocycles. The second-order valence-electron chi connectivity index (χ2n) is 7.62. The number of anilines is 3. The number of aromatic nitrogens is 2. The van der Waals surface area contributed by atoms with Crippen molar-refractivity contribution in [3.05, 3.63) is 42.2 Å². The molecule has 3 heterocycles. The van der Waals surface area contributed by atoms with Crippen LogP contribution in [-0.4, -0.2) is 67.8 Å². The number of ether oxygens (including phenoxy) is 1. The number of hydrogen-bond donors (Lipinski definition) is 1. The Bertz CT molecular complexity index is 853. The lowest BCUT2D eigenvalue weighted by Crippen LogP contribution is -2.44. The number of nitrogens with one attached hydrogen (secondary N) is 1. The molecule has 1 N–H and O–H groups in total. The summed E-state index contributed by atoms with van der Waals surface area (Å²) < 4.78 is 5.90. The van der Waals surface area contributed by atoms with Crippen LogP contribution < -0.4 is 15.1 Å². The summed E-state index contributed by atoms with van der Waals surface area (Å²) in [6, 6.07) is 9.77. The molecule has 0 aliphatic carbocycles. The molecule has 0 bridgehead atoms. The topological polar surface area (TPSA) is 73.8 Å². The SMILES string of the molecule is CN(C)c1nccc(C2CN(C(=O)Nc3ccccc3N3CCCC3)CCO2)n1. The third-order valence-corrected chi connectivity index (χ3v) is 5.34. The van der Waals surface area contributed by atoms with Gasteiger partial charge in [0.1, 0.15) is 6.10 Å². The van der Waals surface area contributed by atoms with E-state index in [1.54, 1.807) is 11.1 Å². The van der Waals surface area contributed by atoms with Gasteiger partial charge in [-0.15, -0.1) is 0 Å². The van der Waals surface area contributed by atoms with Gasteiger partial charge in [0.2, 0.25) is 5.95 Å². The fourth-order valence-electron chi connectivity index (χ4n) is 3.78. The predicted octanol–water partition coefficient (Wildman–Crippen LogP) is 2.75. The number of para-hydroxylation sites is 2. The first-order chi connectivity index (χ1) is 14.1. The van der Waals surface area contributed by atoms with E-state index in [1.165, 1.54) is 12.8 Å². The molecule has 1 unspecified atom stereocenters. The Labute approximate surface area is 171 Å². The fraction of sp³-hybridized carbons (Fsp3) is 0.476. The van der Waals surface area contributed by atoms with Gasteiger partial charge in [0.15, 0.2) is 0 Å². The largest absolute Gasteiger partial charge is 0.370 e. The van der Waals surface area contributed by atoms with Crippen molar-refractivity contribution in [2.45, 2.75) is 18.9 Å². The van der Waals surface area contributed by atoms with Crippen LogP contribution in [0.15, 0.2) is 36.5 Å². The minimum Gasteiger partial charge on any atom is -0.370 e. The number of urea groups is 1. The highest BCUT2D eigenvalue weighted by molar-refractivity contribution is 5.93. The van der Waals surface area contributed by atoms with E-state index in [9.17, 15) is 4.79 Å². The third-order valence-electron chi connectivity index (χ3n) is 5.34. The first-order valence-electron chi connectivity index (χ1n) is 10.1. The molecule has 4 rings (SSSR count). The van der Waals surface area contributed by atoms with Crippen molar-refractivity contribution >= 4 is 23.4 Å². The number of morpholine rings is 1. The summed E-state index contributed by atoms with van der Waals surface area (Å²) in [5.41, 5.74) is 2.74. The van der Waals surface area contributed by atoms with Crippen molar-refractivity contribution in [1.29, 1.82) is 0 Å². The van der Waals surface area contributed by atoms with E-state index in [1.807, 2.05) is 43.3 Å². The van der Waals surface area contributed by atoms with Gasteiger partial charge in [0.05, 0.1) is 30.2 Å². The number of nitrogens with zero attached hydrogens (tertiary/aromatic N) is 5. The molecule has 1 aromatic carbocycles. The summed E-state index contributed by atoms with van der Waals surface area (Å²) in [4.78, 5) is 27.8. The number of carbonyl (C=O) groups is 1. The maximum Gasteiger partial charge on any atom is 0.322 e. The van der Waals surface area contributed by atoms with E-state index in [0.717, 1.165) is 30.2 Å². The minimum atomic E-state index is -0.259. The van der Waals surface area contributed by atoms with E-state index in [2.05, 4.69) is 26.3 Å². The first kappa shape index (κ1) is 19.4. The van der Waals surface area contributed by atoms with Gasteiger partial charge >= 0.3 is 6.03 Å². The monoisotopic (exact) mass is 396 g/mol. The summed E-state index contributed by atoms with van der Waals surface area (Å²) in [6.45, 7) is 3.57. The summed E-state index contributed by atoms with van der Waals surface area (Å²) in [7, 11) is 3.80. The van der Waals surface area contributed by atoms with E-state index >= 15 is 0 Å². The molecule has 1 aromatic heterocycles. The Morgan fingerprint density at radius 2 is 1.97 bits per heavy atom. The highest BCUT2D eigenvalue weighted by atomic mass is 16.5. The number of hydrogen-bond acceptors (Lipinski definition) is 6. The Balaban J connectivity index is 1.45. The Hall–Kier alpha value is -2.87. The van der Waals surface area contributed by atoms with Gasteiger partial charge in [-0.1, -0.05) is 12.1 Å². The zero-order chi connectivity index (χ0) is 20.2. The van der Waals surface area contributed by atoms with Crippen LogP contribution in [0.25, 0.3) is 0 Å². The molecule has 8 heteroatoms. The van der Waals surface area contributed by atoms with Crippen molar-refractivity contribution in [2.75, 3.05) is 62.0 Å². The minimum absolute atomic E-state index is 0.105. The van der Waals surface area contributed by atoms with Crippen LogP contribution >= 0.6 is 0 Å². The zero-order valence-electron chi connectivity index (χ0n) is 17.0. The fourth-order valence-corrected chi connectivity index (χ4v) is 3.78. The van der Waals surface area contributed by atoms with Crippen LogP contribution in [0, 0.1) is 0 Å². The second-order valence-corrected chi connectivity index (χ2v) is 7.62. The van der Waals surface area contributed by atoms with E-state index in [0.29, 0.717) is 25.6 Å². The molecule has 29 heavy (non-hydrogen) atoms. The molecule has 2 amide bonds. The molecule has 2 fully saturated rings. The highest BCUT2D eigenvalue weighted by Crippen LogP contribution is 2.29. The van der Waals surface area contributed by atoms with E-state index < -0.39 is 0 Å².